The fraction of sp³-hybridized carbons (Fsp3) is 0.333. The molecule has 0 aliphatic carbocycles. The lowest BCUT2D eigenvalue weighted by Crippen LogP contribution is -2.21. The van der Waals surface area contributed by atoms with Gasteiger partial charge >= 0.3 is 0 Å². The summed E-state index contributed by atoms with van der Waals surface area (Å²) in [4.78, 5) is 28.3. The van der Waals surface area contributed by atoms with Gasteiger partial charge in [-0.2, -0.15) is 0 Å². The number of anilines is 3. The number of nitrogens with zero attached hydrogens (tertiary/aromatic N) is 7. The summed E-state index contributed by atoms with van der Waals surface area (Å²) in [6, 6.07) is 5.79. The standard InChI is InChI=1S/C18H20N8/c1-12-8-17(22-11-21-12)26-7-4-14(10-26)15-9-16(24-13(2)23-15)25-18-19-5-3-6-20-18/h3,5-6,8-9,11,14H,4,7,10H2,1-2H3,(H,19,20,23,24,25)/t14-/m0/s1. The molecule has 1 aliphatic heterocycles. The number of rotatable bonds is 4. The van der Waals surface area contributed by atoms with Crippen LogP contribution in [0.2, 0.25) is 0 Å². The van der Waals surface area contributed by atoms with E-state index in [1.807, 2.05) is 26.0 Å². The van der Waals surface area contributed by atoms with Crippen LogP contribution in [0.5, 0.6) is 0 Å². The molecule has 0 amide bonds. The van der Waals surface area contributed by atoms with E-state index in [1.165, 1.54) is 0 Å². The van der Waals surface area contributed by atoms with Crippen LogP contribution in [0.1, 0.15) is 29.6 Å². The second-order valence-electron chi connectivity index (χ2n) is 6.37. The fourth-order valence-corrected chi connectivity index (χ4v) is 3.17. The molecule has 4 rings (SSSR count). The SMILES string of the molecule is Cc1cc(N2CC[C@H](c3cc(Nc4ncccn4)nc(C)n3)C2)ncn1. The van der Waals surface area contributed by atoms with Crippen molar-refractivity contribution in [1.82, 2.24) is 29.9 Å². The van der Waals surface area contributed by atoms with Gasteiger partial charge in [0.2, 0.25) is 5.95 Å². The van der Waals surface area contributed by atoms with Crippen molar-refractivity contribution < 1.29 is 0 Å². The van der Waals surface area contributed by atoms with Crippen molar-refractivity contribution in [2.75, 3.05) is 23.3 Å². The molecule has 1 N–H and O–H groups in total. The van der Waals surface area contributed by atoms with Crippen molar-refractivity contribution in [3.05, 3.63) is 54.1 Å². The van der Waals surface area contributed by atoms with Crippen molar-refractivity contribution in [3.8, 4) is 0 Å². The van der Waals surface area contributed by atoms with E-state index in [9.17, 15) is 0 Å². The van der Waals surface area contributed by atoms with E-state index in [0.29, 0.717) is 11.9 Å². The normalized spacial score (nSPS) is 16.7. The van der Waals surface area contributed by atoms with Crippen LogP contribution in [0, 0.1) is 13.8 Å². The lowest BCUT2D eigenvalue weighted by atomic mass is 10.0. The van der Waals surface area contributed by atoms with Gasteiger partial charge in [-0.1, -0.05) is 0 Å². The molecule has 0 aromatic carbocycles. The first-order valence-electron chi connectivity index (χ1n) is 8.60. The van der Waals surface area contributed by atoms with Crippen LogP contribution in [-0.2, 0) is 0 Å². The van der Waals surface area contributed by atoms with Crippen LogP contribution >= 0.6 is 0 Å². The Kier molecular flexibility index (Phi) is 4.39. The van der Waals surface area contributed by atoms with Gasteiger partial charge in [-0.15, -0.1) is 0 Å². The minimum absolute atomic E-state index is 0.337. The Hall–Kier alpha value is -3.16. The third-order valence-electron chi connectivity index (χ3n) is 4.38. The first kappa shape index (κ1) is 16.3. The van der Waals surface area contributed by atoms with Crippen LogP contribution in [0.15, 0.2) is 36.9 Å². The zero-order valence-electron chi connectivity index (χ0n) is 14.8. The largest absolute Gasteiger partial charge is 0.356 e. The molecule has 0 unspecified atom stereocenters. The summed E-state index contributed by atoms with van der Waals surface area (Å²) in [7, 11) is 0. The first-order chi connectivity index (χ1) is 12.7. The van der Waals surface area contributed by atoms with Crippen LogP contribution in [0.4, 0.5) is 17.6 Å². The monoisotopic (exact) mass is 348 g/mol. The highest BCUT2D eigenvalue weighted by Crippen LogP contribution is 2.30. The number of aromatic nitrogens is 6. The van der Waals surface area contributed by atoms with Crippen LogP contribution < -0.4 is 10.2 Å². The van der Waals surface area contributed by atoms with E-state index in [4.69, 9.17) is 0 Å². The van der Waals surface area contributed by atoms with Crippen molar-refractivity contribution in [1.29, 1.82) is 0 Å². The highest BCUT2D eigenvalue weighted by atomic mass is 15.2. The summed E-state index contributed by atoms with van der Waals surface area (Å²) < 4.78 is 0. The van der Waals surface area contributed by atoms with E-state index in [0.717, 1.165) is 48.4 Å². The van der Waals surface area contributed by atoms with Gasteiger partial charge in [0.25, 0.3) is 0 Å². The van der Waals surface area contributed by atoms with Gasteiger partial charge in [-0.05, 0) is 26.3 Å². The molecule has 8 nitrogen and oxygen atoms in total. The number of hydrogen-bond acceptors (Lipinski definition) is 8. The van der Waals surface area contributed by atoms with Crippen LogP contribution in [0.25, 0.3) is 0 Å². The zero-order valence-corrected chi connectivity index (χ0v) is 14.8. The highest BCUT2D eigenvalue weighted by molar-refractivity contribution is 5.49. The maximum Gasteiger partial charge on any atom is 0.228 e. The summed E-state index contributed by atoms with van der Waals surface area (Å²) >= 11 is 0. The van der Waals surface area contributed by atoms with Crippen molar-refractivity contribution in [2.45, 2.75) is 26.2 Å². The Morgan fingerprint density at radius 2 is 1.88 bits per heavy atom. The Balaban J connectivity index is 1.53. The molecule has 8 heteroatoms. The lowest BCUT2D eigenvalue weighted by Gasteiger charge is -2.17. The second kappa shape index (κ2) is 6.99. The number of hydrogen-bond donors (Lipinski definition) is 1. The molecule has 1 aliphatic rings. The molecule has 0 spiro atoms. The summed E-state index contributed by atoms with van der Waals surface area (Å²) in [5.74, 6) is 3.29. The fourth-order valence-electron chi connectivity index (χ4n) is 3.17. The minimum atomic E-state index is 0.337. The maximum absolute atomic E-state index is 4.65. The van der Waals surface area contributed by atoms with E-state index in [1.54, 1.807) is 24.8 Å². The summed E-state index contributed by atoms with van der Waals surface area (Å²) in [6.45, 7) is 5.72. The van der Waals surface area contributed by atoms with Gasteiger partial charge in [0.15, 0.2) is 0 Å². The molecule has 132 valence electrons. The van der Waals surface area contributed by atoms with E-state index < -0.39 is 0 Å². The minimum Gasteiger partial charge on any atom is -0.356 e. The van der Waals surface area contributed by atoms with Gasteiger partial charge in [0.05, 0.1) is 5.69 Å². The summed E-state index contributed by atoms with van der Waals surface area (Å²) in [6.07, 6.45) is 6.04. The molecule has 1 atom stereocenters. The molecule has 3 aromatic rings. The average molecular weight is 348 g/mol. The van der Waals surface area contributed by atoms with Gasteiger partial charge < -0.3 is 10.2 Å². The third kappa shape index (κ3) is 3.58. The Morgan fingerprint density at radius 3 is 2.69 bits per heavy atom. The lowest BCUT2D eigenvalue weighted by molar-refractivity contribution is 0.733. The van der Waals surface area contributed by atoms with Crippen molar-refractivity contribution in [2.24, 2.45) is 0 Å². The Bertz CT molecular complexity index is 899. The second-order valence-corrected chi connectivity index (χ2v) is 6.37. The van der Waals surface area contributed by atoms with E-state index in [-0.39, 0.29) is 0 Å². The predicted molar refractivity (Wildman–Crippen MR) is 98.4 cm³/mol. The molecular formula is C18H20N8. The quantitative estimate of drug-likeness (QED) is 0.768. The van der Waals surface area contributed by atoms with Gasteiger partial charge in [0.1, 0.15) is 23.8 Å². The molecular weight excluding hydrogens is 328 g/mol. The highest BCUT2D eigenvalue weighted by Gasteiger charge is 2.26. The van der Waals surface area contributed by atoms with Crippen LogP contribution in [-0.4, -0.2) is 43.0 Å². The van der Waals surface area contributed by atoms with E-state index >= 15 is 0 Å². The predicted octanol–water partition coefficient (Wildman–Crippen LogP) is 2.41. The van der Waals surface area contributed by atoms with Crippen molar-refractivity contribution >= 4 is 17.6 Å². The smallest absolute Gasteiger partial charge is 0.228 e. The third-order valence-corrected chi connectivity index (χ3v) is 4.38. The molecule has 3 aromatic heterocycles. The zero-order chi connectivity index (χ0) is 17.9. The molecule has 4 heterocycles. The average Bonchev–Trinajstić information content (AvgIpc) is 3.12. The molecule has 1 fully saturated rings. The number of aryl methyl sites for hydroxylation is 2. The molecule has 26 heavy (non-hydrogen) atoms. The molecule has 0 bridgehead atoms. The first-order valence-corrected chi connectivity index (χ1v) is 8.60. The Labute approximate surface area is 151 Å². The van der Waals surface area contributed by atoms with Crippen LogP contribution in [0.3, 0.4) is 0 Å². The van der Waals surface area contributed by atoms with Crippen molar-refractivity contribution in [3.63, 3.8) is 0 Å². The molecule has 1 saturated heterocycles. The van der Waals surface area contributed by atoms with Gasteiger partial charge in [0, 0.05) is 49.2 Å². The Morgan fingerprint density at radius 1 is 1.04 bits per heavy atom. The topological polar surface area (TPSA) is 92.6 Å². The molecule has 0 saturated carbocycles. The summed E-state index contributed by atoms with van der Waals surface area (Å²) in [5, 5.41) is 3.15. The van der Waals surface area contributed by atoms with E-state index in [2.05, 4.69) is 40.1 Å². The van der Waals surface area contributed by atoms with Gasteiger partial charge in [-0.3, -0.25) is 0 Å². The van der Waals surface area contributed by atoms with Gasteiger partial charge in [-0.25, -0.2) is 29.9 Å². The maximum atomic E-state index is 4.65. The molecule has 0 radical (unpaired) electrons. The number of nitrogens with one attached hydrogen (secondary N) is 1. The summed E-state index contributed by atoms with van der Waals surface area (Å²) in [5.41, 5.74) is 2.01.